The zero-order chi connectivity index (χ0) is 14.8. The van der Waals surface area contributed by atoms with E-state index in [1.54, 1.807) is 12.1 Å². The number of likely N-dealkylation sites (tertiary alicyclic amines) is 1. The van der Waals surface area contributed by atoms with Crippen LogP contribution in [-0.4, -0.2) is 29.0 Å². The molecule has 0 aliphatic carbocycles. The highest BCUT2D eigenvalue weighted by Gasteiger charge is 2.34. The molecule has 2 rings (SSSR count). The van der Waals surface area contributed by atoms with Crippen LogP contribution in [0.2, 0.25) is 5.02 Å². The van der Waals surface area contributed by atoms with Gasteiger partial charge in [0.15, 0.2) is 0 Å². The Kier molecular flexibility index (Phi) is 4.50. The molecule has 1 aliphatic rings. The third-order valence-corrected chi connectivity index (χ3v) is 4.37. The van der Waals surface area contributed by atoms with Crippen molar-refractivity contribution in [3.05, 3.63) is 34.6 Å². The molecule has 1 aromatic carbocycles. The van der Waals surface area contributed by atoms with E-state index in [0.29, 0.717) is 5.84 Å². The monoisotopic (exact) mass is 299 g/mol. The van der Waals surface area contributed by atoms with Crippen LogP contribution in [0.15, 0.2) is 23.4 Å². The molecule has 110 valence electrons. The molecule has 0 saturated carbocycles. The Balaban J connectivity index is 1.96. The summed E-state index contributed by atoms with van der Waals surface area (Å²) < 4.78 is 13.1. The average molecular weight is 300 g/mol. The first-order valence-corrected chi connectivity index (χ1v) is 6.97. The number of oxime groups is 1. The van der Waals surface area contributed by atoms with Crippen molar-refractivity contribution in [3.8, 4) is 0 Å². The average Bonchev–Trinajstić information content (AvgIpc) is 2.44. The van der Waals surface area contributed by atoms with Crippen LogP contribution in [0.25, 0.3) is 0 Å². The summed E-state index contributed by atoms with van der Waals surface area (Å²) >= 11 is 5.78. The van der Waals surface area contributed by atoms with Gasteiger partial charge in [0, 0.05) is 12.0 Å². The quantitative estimate of drug-likeness (QED) is 0.390. The molecule has 0 unspecified atom stereocenters. The van der Waals surface area contributed by atoms with Crippen LogP contribution < -0.4 is 5.73 Å². The Morgan fingerprint density at radius 2 is 2.15 bits per heavy atom. The highest BCUT2D eigenvalue weighted by molar-refractivity contribution is 6.30. The number of nitrogens with zero attached hydrogens (tertiary/aromatic N) is 2. The van der Waals surface area contributed by atoms with Crippen molar-refractivity contribution in [2.24, 2.45) is 16.3 Å². The second-order valence-electron chi connectivity index (χ2n) is 5.57. The molecule has 6 heteroatoms. The van der Waals surface area contributed by atoms with Gasteiger partial charge in [-0.15, -0.1) is 0 Å². The molecular formula is C14H19ClFN3O. The first-order chi connectivity index (χ1) is 9.44. The largest absolute Gasteiger partial charge is 0.409 e. The van der Waals surface area contributed by atoms with Gasteiger partial charge in [-0.05, 0) is 43.6 Å². The zero-order valence-corrected chi connectivity index (χ0v) is 12.2. The minimum Gasteiger partial charge on any atom is -0.409 e. The zero-order valence-electron chi connectivity index (χ0n) is 11.4. The molecule has 1 heterocycles. The molecule has 0 radical (unpaired) electrons. The van der Waals surface area contributed by atoms with Crippen LogP contribution in [-0.2, 0) is 6.54 Å². The molecule has 0 atom stereocenters. The SMILES string of the molecule is CC1(/C(N)=N/O)CCN(Cc2ccc(F)c(Cl)c2)CC1. The van der Waals surface area contributed by atoms with Gasteiger partial charge in [-0.25, -0.2) is 4.39 Å². The summed E-state index contributed by atoms with van der Waals surface area (Å²) in [6.07, 6.45) is 1.66. The van der Waals surface area contributed by atoms with E-state index in [1.807, 2.05) is 6.92 Å². The number of benzene rings is 1. The summed E-state index contributed by atoms with van der Waals surface area (Å²) in [5, 5.41) is 12.1. The predicted molar refractivity (Wildman–Crippen MR) is 77.4 cm³/mol. The molecule has 1 aliphatic heterocycles. The molecule has 1 saturated heterocycles. The molecule has 3 N–H and O–H groups in total. The highest BCUT2D eigenvalue weighted by Crippen LogP contribution is 2.31. The van der Waals surface area contributed by atoms with Crippen molar-refractivity contribution in [2.75, 3.05) is 13.1 Å². The molecule has 1 fully saturated rings. The topological polar surface area (TPSA) is 61.9 Å². The number of hydrogen-bond acceptors (Lipinski definition) is 3. The minimum absolute atomic E-state index is 0.154. The van der Waals surface area contributed by atoms with E-state index in [4.69, 9.17) is 22.5 Å². The van der Waals surface area contributed by atoms with E-state index in [0.717, 1.165) is 38.0 Å². The van der Waals surface area contributed by atoms with Gasteiger partial charge in [0.2, 0.25) is 0 Å². The van der Waals surface area contributed by atoms with E-state index in [1.165, 1.54) is 6.07 Å². The fourth-order valence-corrected chi connectivity index (χ4v) is 2.68. The van der Waals surface area contributed by atoms with Gasteiger partial charge in [-0.1, -0.05) is 29.7 Å². The summed E-state index contributed by atoms with van der Waals surface area (Å²) in [5.74, 6) is -0.101. The summed E-state index contributed by atoms with van der Waals surface area (Å²) in [7, 11) is 0. The van der Waals surface area contributed by atoms with E-state index in [9.17, 15) is 4.39 Å². The Morgan fingerprint density at radius 3 is 2.70 bits per heavy atom. The standard InChI is InChI=1S/C14H19ClFN3O/c1-14(13(17)18-20)4-6-19(7-5-14)9-10-2-3-12(16)11(15)8-10/h2-3,8,20H,4-7,9H2,1H3,(H2,17,18). The maximum Gasteiger partial charge on any atom is 0.145 e. The molecule has 1 aromatic rings. The van der Waals surface area contributed by atoms with Gasteiger partial charge < -0.3 is 10.9 Å². The minimum atomic E-state index is -0.395. The Bertz CT molecular complexity index is 513. The summed E-state index contributed by atoms with van der Waals surface area (Å²) in [4.78, 5) is 2.26. The highest BCUT2D eigenvalue weighted by atomic mass is 35.5. The van der Waals surface area contributed by atoms with Gasteiger partial charge in [0.1, 0.15) is 11.7 Å². The van der Waals surface area contributed by atoms with Crippen LogP contribution in [0.1, 0.15) is 25.3 Å². The first kappa shape index (κ1) is 15.1. The molecule has 0 spiro atoms. The van der Waals surface area contributed by atoms with Crippen molar-refractivity contribution in [1.29, 1.82) is 0 Å². The lowest BCUT2D eigenvalue weighted by molar-refractivity contribution is 0.153. The second kappa shape index (κ2) is 5.97. The number of piperidine rings is 1. The van der Waals surface area contributed by atoms with Gasteiger partial charge in [0.25, 0.3) is 0 Å². The molecule has 0 bridgehead atoms. The normalized spacial score (nSPS) is 20.1. The molecular weight excluding hydrogens is 281 g/mol. The van der Waals surface area contributed by atoms with Crippen LogP contribution in [0, 0.1) is 11.2 Å². The Labute approximate surface area is 123 Å². The van der Waals surface area contributed by atoms with E-state index in [2.05, 4.69) is 10.1 Å². The number of rotatable bonds is 3. The van der Waals surface area contributed by atoms with Crippen molar-refractivity contribution in [3.63, 3.8) is 0 Å². The fourth-order valence-electron chi connectivity index (χ4n) is 2.48. The van der Waals surface area contributed by atoms with Crippen LogP contribution >= 0.6 is 11.6 Å². The van der Waals surface area contributed by atoms with Crippen molar-refractivity contribution in [2.45, 2.75) is 26.3 Å². The number of halogens is 2. The van der Waals surface area contributed by atoms with Crippen molar-refractivity contribution < 1.29 is 9.60 Å². The van der Waals surface area contributed by atoms with Gasteiger partial charge in [0.05, 0.1) is 5.02 Å². The van der Waals surface area contributed by atoms with Crippen LogP contribution in [0.5, 0.6) is 0 Å². The molecule has 4 nitrogen and oxygen atoms in total. The Hall–Kier alpha value is -1.33. The number of hydrogen-bond donors (Lipinski definition) is 2. The lowest BCUT2D eigenvalue weighted by Gasteiger charge is -2.38. The lowest BCUT2D eigenvalue weighted by Crippen LogP contribution is -2.45. The van der Waals surface area contributed by atoms with Gasteiger partial charge in [-0.2, -0.15) is 0 Å². The fraction of sp³-hybridized carbons (Fsp3) is 0.500. The van der Waals surface area contributed by atoms with Crippen molar-refractivity contribution >= 4 is 17.4 Å². The molecule has 0 aromatic heterocycles. The third kappa shape index (κ3) is 3.22. The summed E-state index contributed by atoms with van der Waals surface area (Å²) in [5.41, 5.74) is 6.48. The Morgan fingerprint density at radius 1 is 1.50 bits per heavy atom. The first-order valence-electron chi connectivity index (χ1n) is 6.59. The van der Waals surface area contributed by atoms with Crippen LogP contribution in [0.4, 0.5) is 4.39 Å². The van der Waals surface area contributed by atoms with Crippen molar-refractivity contribution in [1.82, 2.24) is 4.90 Å². The summed E-state index contributed by atoms with van der Waals surface area (Å²) in [6.45, 7) is 4.43. The van der Waals surface area contributed by atoms with E-state index in [-0.39, 0.29) is 10.4 Å². The lowest BCUT2D eigenvalue weighted by atomic mass is 9.79. The predicted octanol–water partition coefficient (Wildman–Crippen LogP) is 2.83. The van der Waals surface area contributed by atoms with E-state index < -0.39 is 5.82 Å². The third-order valence-electron chi connectivity index (χ3n) is 4.08. The molecule has 0 amide bonds. The van der Waals surface area contributed by atoms with Crippen LogP contribution in [0.3, 0.4) is 0 Å². The molecule has 20 heavy (non-hydrogen) atoms. The van der Waals surface area contributed by atoms with Gasteiger partial charge >= 0.3 is 0 Å². The number of nitrogens with two attached hydrogens (primary N) is 1. The maximum atomic E-state index is 13.1. The maximum absolute atomic E-state index is 13.1. The van der Waals surface area contributed by atoms with Gasteiger partial charge in [-0.3, -0.25) is 4.90 Å². The smallest absolute Gasteiger partial charge is 0.145 e. The second-order valence-corrected chi connectivity index (χ2v) is 5.98. The summed E-state index contributed by atoms with van der Waals surface area (Å²) in [6, 6.07) is 4.80. The van der Waals surface area contributed by atoms with E-state index >= 15 is 0 Å². The number of amidine groups is 1.